The summed E-state index contributed by atoms with van der Waals surface area (Å²) in [6.45, 7) is 6.06. The molecule has 1 aromatic heterocycles. The SMILES string of the molecule is CC.CC1=CC=C=c2scnc2=C1. The molecule has 1 nitrogen and oxygen atoms in total. The van der Waals surface area contributed by atoms with Crippen LogP contribution in [0.3, 0.4) is 0 Å². The van der Waals surface area contributed by atoms with Crippen LogP contribution in [-0.4, -0.2) is 4.98 Å². The van der Waals surface area contributed by atoms with Crippen molar-refractivity contribution in [2.75, 3.05) is 0 Å². The van der Waals surface area contributed by atoms with Gasteiger partial charge in [-0.05, 0) is 24.6 Å². The molecule has 0 saturated carbocycles. The maximum Gasteiger partial charge on any atom is 0.0961 e. The monoisotopic (exact) mass is 191 g/mol. The Morgan fingerprint density at radius 2 is 2.15 bits per heavy atom. The van der Waals surface area contributed by atoms with Crippen molar-refractivity contribution >= 4 is 23.1 Å². The van der Waals surface area contributed by atoms with Gasteiger partial charge in [0, 0.05) is 0 Å². The lowest BCUT2D eigenvalue weighted by Gasteiger charge is -1.81. The van der Waals surface area contributed by atoms with E-state index in [1.54, 1.807) is 11.3 Å². The molecule has 0 fully saturated rings. The minimum absolute atomic E-state index is 1.04. The van der Waals surface area contributed by atoms with Gasteiger partial charge < -0.3 is 0 Å². The van der Waals surface area contributed by atoms with Crippen LogP contribution in [0.5, 0.6) is 0 Å². The summed E-state index contributed by atoms with van der Waals surface area (Å²) in [6.07, 6.45) is 6.05. The highest BCUT2D eigenvalue weighted by atomic mass is 32.1. The number of nitrogens with zero attached hydrogens (tertiary/aromatic N) is 1. The van der Waals surface area contributed by atoms with E-state index in [0.29, 0.717) is 0 Å². The minimum atomic E-state index is 1.04. The molecule has 0 aliphatic heterocycles. The molecular formula is C11H13NS. The predicted octanol–water partition coefficient (Wildman–Crippen LogP) is 1.85. The number of hydrogen-bond acceptors (Lipinski definition) is 2. The summed E-state index contributed by atoms with van der Waals surface area (Å²) in [4.78, 5) is 4.21. The van der Waals surface area contributed by atoms with Gasteiger partial charge in [0.25, 0.3) is 0 Å². The second-order valence-electron chi connectivity index (χ2n) is 2.43. The van der Waals surface area contributed by atoms with Crippen LogP contribution >= 0.6 is 11.3 Å². The zero-order valence-electron chi connectivity index (χ0n) is 8.16. The lowest BCUT2D eigenvalue weighted by atomic mass is 10.3. The molecular weight excluding hydrogens is 178 g/mol. The maximum atomic E-state index is 4.21. The summed E-state index contributed by atoms with van der Waals surface area (Å²) in [5.74, 6) is 0. The van der Waals surface area contributed by atoms with Gasteiger partial charge in [-0.3, -0.25) is 0 Å². The summed E-state index contributed by atoms with van der Waals surface area (Å²) in [5.41, 5.74) is 6.23. The fraction of sp³-hybridized carbons (Fsp3) is 0.273. The van der Waals surface area contributed by atoms with E-state index >= 15 is 0 Å². The van der Waals surface area contributed by atoms with Crippen molar-refractivity contribution in [2.45, 2.75) is 20.8 Å². The normalized spacial score (nSPS) is 12.4. The average molecular weight is 191 g/mol. The van der Waals surface area contributed by atoms with Crippen molar-refractivity contribution in [3.63, 3.8) is 0 Å². The minimum Gasteiger partial charge on any atom is -0.244 e. The molecule has 2 rings (SSSR count). The predicted molar refractivity (Wildman–Crippen MR) is 58.9 cm³/mol. The van der Waals surface area contributed by atoms with Gasteiger partial charge in [0.1, 0.15) is 0 Å². The van der Waals surface area contributed by atoms with Crippen LogP contribution in [0.25, 0.3) is 11.8 Å². The number of rotatable bonds is 0. The standard InChI is InChI=1S/C9H7NS.C2H6/c1-7-3-2-4-9-8(5-7)10-6-11-9;1-2/h2-3,5-6H,1H3;1-2H3. The molecule has 0 unspecified atom stereocenters. The molecule has 0 saturated heterocycles. The Labute approximate surface area is 82.5 Å². The van der Waals surface area contributed by atoms with Crippen molar-refractivity contribution in [1.29, 1.82) is 0 Å². The van der Waals surface area contributed by atoms with E-state index in [9.17, 15) is 0 Å². The molecule has 0 atom stereocenters. The largest absolute Gasteiger partial charge is 0.244 e. The van der Waals surface area contributed by atoms with E-state index in [2.05, 4.69) is 23.7 Å². The molecule has 0 amide bonds. The maximum absolute atomic E-state index is 4.21. The molecule has 1 heterocycles. The zero-order chi connectivity index (χ0) is 9.68. The van der Waals surface area contributed by atoms with E-state index in [-0.39, 0.29) is 0 Å². The summed E-state index contributed by atoms with van der Waals surface area (Å²) in [6, 6.07) is 0. The highest BCUT2D eigenvalue weighted by Gasteiger charge is 1.90. The molecule has 1 aliphatic rings. The van der Waals surface area contributed by atoms with E-state index < -0.39 is 0 Å². The van der Waals surface area contributed by atoms with Crippen LogP contribution in [-0.2, 0) is 0 Å². The van der Waals surface area contributed by atoms with E-state index in [1.807, 2.05) is 31.5 Å². The number of fused-ring (bicyclic) bond motifs is 1. The van der Waals surface area contributed by atoms with Gasteiger partial charge in [0.05, 0.1) is 15.4 Å². The van der Waals surface area contributed by atoms with Gasteiger partial charge in [-0.25, -0.2) is 4.98 Å². The average Bonchev–Trinajstić information content (AvgIpc) is 2.50. The Hall–Kier alpha value is -1.11. The number of hydrogen-bond donors (Lipinski definition) is 0. The molecule has 0 bridgehead atoms. The van der Waals surface area contributed by atoms with Gasteiger partial charge >= 0.3 is 0 Å². The zero-order valence-corrected chi connectivity index (χ0v) is 8.98. The Bertz CT molecular complexity index is 445. The first-order valence-corrected chi connectivity index (χ1v) is 5.29. The van der Waals surface area contributed by atoms with Crippen LogP contribution < -0.4 is 9.88 Å². The molecule has 2 heteroatoms. The number of aromatic nitrogens is 1. The molecule has 13 heavy (non-hydrogen) atoms. The third kappa shape index (κ3) is 2.41. The van der Waals surface area contributed by atoms with E-state index in [4.69, 9.17) is 0 Å². The first-order valence-electron chi connectivity index (χ1n) is 4.41. The van der Waals surface area contributed by atoms with Gasteiger partial charge in [-0.1, -0.05) is 25.7 Å². The van der Waals surface area contributed by atoms with Crippen molar-refractivity contribution in [1.82, 2.24) is 4.98 Å². The number of thiazole rings is 1. The first kappa shape index (κ1) is 9.97. The van der Waals surface area contributed by atoms with Crippen molar-refractivity contribution in [3.8, 4) is 0 Å². The number of allylic oxidation sites excluding steroid dienone is 3. The van der Waals surface area contributed by atoms with Crippen molar-refractivity contribution in [3.05, 3.63) is 33.1 Å². The second kappa shape index (κ2) is 4.80. The fourth-order valence-corrected chi connectivity index (χ4v) is 1.62. The summed E-state index contributed by atoms with van der Waals surface area (Å²) < 4.78 is 1.12. The van der Waals surface area contributed by atoms with E-state index in [1.165, 1.54) is 5.57 Å². The Morgan fingerprint density at radius 3 is 2.92 bits per heavy atom. The van der Waals surface area contributed by atoms with E-state index in [0.717, 1.165) is 9.88 Å². The fourth-order valence-electron chi connectivity index (χ4n) is 0.978. The van der Waals surface area contributed by atoms with Gasteiger partial charge in [0.15, 0.2) is 0 Å². The van der Waals surface area contributed by atoms with Crippen LogP contribution in [0.2, 0.25) is 0 Å². The molecule has 1 aromatic rings. The summed E-state index contributed by atoms with van der Waals surface area (Å²) in [5, 5.41) is 1.04. The lowest BCUT2D eigenvalue weighted by molar-refractivity contribution is 1.31. The highest BCUT2D eigenvalue weighted by Crippen LogP contribution is 1.94. The molecule has 68 valence electrons. The Morgan fingerprint density at radius 1 is 1.38 bits per heavy atom. The molecule has 0 spiro atoms. The van der Waals surface area contributed by atoms with Gasteiger partial charge in [0.2, 0.25) is 0 Å². The summed E-state index contributed by atoms with van der Waals surface area (Å²) >= 11 is 1.62. The summed E-state index contributed by atoms with van der Waals surface area (Å²) in [7, 11) is 0. The quantitative estimate of drug-likeness (QED) is 0.610. The topological polar surface area (TPSA) is 12.9 Å². The van der Waals surface area contributed by atoms with Crippen molar-refractivity contribution < 1.29 is 0 Å². The highest BCUT2D eigenvalue weighted by molar-refractivity contribution is 7.07. The van der Waals surface area contributed by atoms with Crippen LogP contribution in [0.1, 0.15) is 20.8 Å². The third-order valence-electron chi connectivity index (χ3n) is 1.52. The first-order chi connectivity index (χ1) is 6.36. The Kier molecular flexibility index (Phi) is 3.69. The van der Waals surface area contributed by atoms with Crippen LogP contribution in [0.15, 0.2) is 23.2 Å². The molecule has 0 radical (unpaired) electrons. The Balaban J connectivity index is 0.000000396. The molecule has 0 aromatic carbocycles. The van der Waals surface area contributed by atoms with Crippen LogP contribution in [0, 0.1) is 0 Å². The third-order valence-corrected chi connectivity index (χ3v) is 2.29. The lowest BCUT2D eigenvalue weighted by Crippen LogP contribution is -2.18. The van der Waals surface area contributed by atoms with Crippen molar-refractivity contribution in [2.24, 2.45) is 0 Å². The second-order valence-corrected chi connectivity index (χ2v) is 3.29. The molecule has 1 aliphatic carbocycles. The van der Waals surface area contributed by atoms with Gasteiger partial charge in [-0.2, -0.15) is 0 Å². The smallest absolute Gasteiger partial charge is 0.0961 e. The van der Waals surface area contributed by atoms with Crippen LogP contribution in [0.4, 0.5) is 0 Å². The molecule has 0 N–H and O–H groups in total. The van der Waals surface area contributed by atoms with Gasteiger partial charge in [-0.15, -0.1) is 11.3 Å².